The molecule has 6 aliphatic rings. The summed E-state index contributed by atoms with van der Waals surface area (Å²) in [4.78, 5) is 13.2. The number of aliphatic hydroxyl groups is 10. The molecule has 0 bridgehead atoms. The van der Waals surface area contributed by atoms with E-state index >= 15 is 0 Å². The number of hydrogen-bond donors (Lipinski definition) is 10. The Morgan fingerprint density at radius 1 is 0.724 bits per heavy atom. The first-order chi connectivity index (χ1) is 27.8. The second kappa shape index (κ2) is 17.6. The first-order valence-corrected chi connectivity index (χ1v) is 18.8. The first kappa shape index (κ1) is 43.2. The van der Waals surface area contributed by atoms with E-state index in [0.29, 0.717) is 11.3 Å². The molecule has 21 unspecified atom stereocenters. The summed E-state index contributed by atoms with van der Waals surface area (Å²) < 4.78 is 58.0. The maximum atomic E-state index is 13.2. The molecule has 10 N–H and O–H groups in total. The van der Waals surface area contributed by atoms with Gasteiger partial charge in [-0.25, -0.2) is 4.79 Å². The molecule has 58 heavy (non-hydrogen) atoms. The zero-order valence-electron chi connectivity index (χ0n) is 31.2. The van der Waals surface area contributed by atoms with Crippen LogP contribution in [0.2, 0.25) is 0 Å². The molecular weight excluding hydrogens is 780 g/mol. The minimum Gasteiger partial charge on any atom is -0.497 e. The van der Waals surface area contributed by atoms with E-state index in [1.807, 2.05) is 0 Å². The summed E-state index contributed by atoms with van der Waals surface area (Å²) in [5, 5.41) is 105. The summed E-state index contributed by atoms with van der Waals surface area (Å²) in [5.74, 6) is -1.80. The smallest absolute Gasteiger partial charge is 0.331 e. The Bertz CT molecular complexity index is 1610. The largest absolute Gasteiger partial charge is 0.497 e. The number of carbonyl (C=O) groups is 1. The molecule has 1 saturated carbocycles. The minimum absolute atomic E-state index is 0.556. The van der Waals surface area contributed by atoms with Gasteiger partial charge in [-0.1, -0.05) is 12.1 Å². The first-order valence-electron chi connectivity index (χ1n) is 18.8. The highest BCUT2D eigenvalue weighted by Crippen LogP contribution is 2.61. The van der Waals surface area contributed by atoms with Crippen molar-refractivity contribution in [2.75, 3.05) is 26.9 Å². The van der Waals surface area contributed by atoms with Crippen molar-refractivity contribution in [2.24, 2.45) is 11.8 Å². The molecule has 4 saturated heterocycles. The van der Waals surface area contributed by atoms with Crippen LogP contribution in [0.3, 0.4) is 0 Å². The predicted molar refractivity (Wildman–Crippen MR) is 186 cm³/mol. The SMILES string of the molecule is COc1ccc(C=CC(=O)OC2C(C)OC(OC3C4C=COC(OC5OC(CO)C(O)C(O)C5O)C4C4(CO)OC34)C(O)C2OC2OC(CO)C(O)C(O)C2O)cc1. The fourth-order valence-electron chi connectivity index (χ4n) is 8.27. The highest BCUT2D eigenvalue weighted by Gasteiger charge is 2.77. The third-order valence-electron chi connectivity index (χ3n) is 11.6. The fourth-order valence-corrected chi connectivity index (χ4v) is 8.27. The molecule has 7 rings (SSSR count). The topological polar surface area (TPSA) is 315 Å². The highest BCUT2D eigenvalue weighted by molar-refractivity contribution is 5.87. The molecule has 1 aromatic rings. The lowest BCUT2D eigenvalue weighted by Gasteiger charge is -2.47. The van der Waals surface area contributed by atoms with Crippen LogP contribution in [0, 0.1) is 11.8 Å². The Kier molecular flexibility index (Phi) is 13.1. The van der Waals surface area contributed by atoms with Crippen LogP contribution in [-0.2, 0) is 47.4 Å². The van der Waals surface area contributed by atoms with E-state index in [4.69, 9.17) is 47.4 Å². The number of ether oxygens (including phenoxy) is 10. The molecule has 5 heterocycles. The maximum absolute atomic E-state index is 13.2. The number of esters is 1. The van der Waals surface area contributed by atoms with E-state index in [9.17, 15) is 55.9 Å². The van der Waals surface area contributed by atoms with Crippen molar-refractivity contribution < 1.29 is 103 Å². The lowest BCUT2D eigenvalue weighted by Crippen LogP contribution is -2.65. The summed E-state index contributed by atoms with van der Waals surface area (Å²) in [7, 11) is 1.51. The molecule has 1 aromatic carbocycles. The van der Waals surface area contributed by atoms with Gasteiger partial charge in [-0.2, -0.15) is 0 Å². The second-order valence-corrected chi connectivity index (χ2v) is 15.0. The quantitative estimate of drug-likeness (QED) is 0.0508. The minimum atomic E-state index is -1.89. The molecule has 324 valence electrons. The van der Waals surface area contributed by atoms with Crippen LogP contribution in [0.25, 0.3) is 6.08 Å². The monoisotopic (exact) mass is 830 g/mol. The summed E-state index contributed by atoms with van der Waals surface area (Å²) in [6.07, 6.45) is -21.7. The van der Waals surface area contributed by atoms with Gasteiger partial charge in [-0.05, 0) is 36.8 Å². The van der Waals surface area contributed by atoms with Crippen LogP contribution in [0.15, 0.2) is 42.7 Å². The Hall–Kier alpha value is -2.91. The van der Waals surface area contributed by atoms with Gasteiger partial charge in [0.2, 0.25) is 6.29 Å². The molecule has 5 fully saturated rings. The third kappa shape index (κ3) is 8.01. The lowest BCUT2D eigenvalue weighted by atomic mass is 9.85. The average Bonchev–Trinajstić information content (AvgIpc) is 3.90. The van der Waals surface area contributed by atoms with Gasteiger partial charge >= 0.3 is 5.97 Å². The van der Waals surface area contributed by atoms with E-state index in [1.54, 1.807) is 30.3 Å². The van der Waals surface area contributed by atoms with Crippen molar-refractivity contribution >= 4 is 12.0 Å². The molecular formula is C37H50O21. The van der Waals surface area contributed by atoms with E-state index in [0.717, 1.165) is 6.08 Å². The second-order valence-electron chi connectivity index (χ2n) is 15.0. The summed E-state index contributed by atoms with van der Waals surface area (Å²) in [5.41, 5.74) is -0.697. The summed E-state index contributed by atoms with van der Waals surface area (Å²) in [6, 6.07) is 6.78. The van der Waals surface area contributed by atoms with Gasteiger partial charge < -0.3 is 98.4 Å². The molecule has 21 atom stereocenters. The summed E-state index contributed by atoms with van der Waals surface area (Å²) >= 11 is 0. The Labute approximate surface area is 331 Å². The standard InChI is InChI=1S/C37H50O21/c1-14-29(54-20(41)8-5-15-3-6-16(49-2)7-4-15)31(56-34-26(46)24(44)22(42)18(11-38)52-34)28(48)36(51-14)55-30-17-9-10-50-33(21(17)37(13-40)32(30)58-37)57-35-27(47)25(45)23(43)19(12-39)53-35/h3-10,14,17-19,21-36,38-40,42-48H,11-13H2,1-2H3. The van der Waals surface area contributed by atoms with Crippen LogP contribution in [-0.4, -0.2) is 200 Å². The molecule has 0 aromatic heterocycles. The normalized spacial score (nSPS) is 47.2. The van der Waals surface area contributed by atoms with Crippen LogP contribution in [0.5, 0.6) is 5.75 Å². The Morgan fingerprint density at radius 2 is 1.31 bits per heavy atom. The number of fused-ring (bicyclic) bond motifs is 3. The van der Waals surface area contributed by atoms with E-state index in [-0.39, 0.29) is 0 Å². The predicted octanol–water partition coefficient (Wildman–Crippen LogP) is -4.64. The van der Waals surface area contributed by atoms with Crippen LogP contribution in [0.4, 0.5) is 0 Å². The van der Waals surface area contributed by atoms with Crippen molar-refractivity contribution in [1.29, 1.82) is 0 Å². The summed E-state index contributed by atoms with van der Waals surface area (Å²) in [6.45, 7) is -0.527. The number of rotatable bonds is 13. The number of benzene rings is 1. The van der Waals surface area contributed by atoms with Gasteiger partial charge in [0.1, 0.15) is 78.5 Å². The molecule has 5 aliphatic heterocycles. The van der Waals surface area contributed by atoms with Crippen molar-refractivity contribution in [2.45, 2.75) is 123 Å². The van der Waals surface area contributed by atoms with Gasteiger partial charge in [0.05, 0.1) is 51.3 Å². The number of aliphatic hydroxyl groups excluding tert-OH is 10. The Balaban J connectivity index is 1.10. The van der Waals surface area contributed by atoms with E-state index in [2.05, 4.69) is 0 Å². The van der Waals surface area contributed by atoms with E-state index < -0.39 is 154 Å². The number of hydrogen-bond acceptors (Lipinski definition) is 21. The fraction of sp³-hybridized carbons (Fsp3) is 0.703. The van der Waals surface area contributed by atoms with Gasteiger partial charge in [-0.15, -0.1) is 0 Å². The van der Waals surface area contributed by atoms with Gasteiger partial charge in [-0.3, -0.25) is 0 Å². The zero-order chi connectivity index (χ0) is 41.6. The van der Waals surface area contributed by atoms with Crippen molar-refractivity contribution in [3.8, 4) is 5.75 Å². The maximum Gasteiger partial charge on any atom is 0.331 e. The third-order valence-corrected chi connectivity index (χ3v) is 11.6. The number of epoxide rings is 1. The molecule has 0 radical (unpaired) electrons. The van der Waals surface area contributed by atoms with Crippen LogP contribution >= 0.6 is 0 Å². The molecule has 0 amide bonds. The van der Waals surface area contributed by atoms with E-state index in [1.165, 1.54) is 26.4 Å². The Morgan fingerprint density at radius 3 is 1.90 bits per heavy atom. The van der Waals surface area contributed by atoms with Crippen molar-refractivity contribution in [3.63, 3.8) is 0 Å². The van der Waals surface area contributed by atoms with Crippen LogP contribution < -0.4 is 4.74 Å². The van der Waals surface area contributed by atoms with Crippen LogP contribution in [0.1, 0.15) is 12.5 Å². The van der Waals surface area contributed by atoms with Gasteiger partial charge in [0.25, 0.3) is 0 Å². The number of methoxy groups -OCH3 is 1. The van der Waals surface area contributed by atoms with Crippen molar-refractivity contribution in [1.82, 2.24) is 0 Å². The molecule has 1 aliphatic carbocycles. The zero-order valence-corrected chi connectivity index (χ0v) is 31.2. The number of carbonyl (C=O) groups excluding carboxylic acids is 1. The molecule has 21 heteroatoms. The van der Waals surface area contributed by atoms with Gasteiger partial charge in [0.15, 0.2) is 25.0 Å². The molecule has 21 nitrogen and oxygen atoms in total. The lowest BCUT2D eigenvalue weighted by molar-refractivity contribution is -0.364. The van der Waals surface area contributed by atoms with Crippen molar-refractivity contribution in [3.05, 3.63) is 48.2 Å². The average molecular weight is 831 g/mol. The van der Waals surface area contributed by atoms with Gasteiger partial charge in [0, 0.05) is 12.0 Å². The highest BCUT2D eigenvalue weighted by atomic mass is 16.8. The molecule has 0 spiro atoms.